The summed E-state index contributed by atoms with van der Waals surface area (Å²) in [4.78, 5) is 0. The molecule has 0 aliphatic rings. The van der Waals surface area contributed by atoms with Gasteiger partial charge >= 0.3 is 0 Å². The maximum atomic E-state index is 2.24. The van der Waals surface area contributed by atoms with Crippen LogP contribution in [-0.4, -0.2) is 0 Å². The highest BCUT2D eigenvalue weighted by Crippen LogP contribution is 2.13. The summed E-state index contributed by atoms with van der Waals surface area (Å²) in [5, 5.41) is 0. The van der Waals surface area contributed by atoms with Gasteiger partial charge in [0.15, 0.2) is 0 Å². The zero-order chi connectivity index (χ0) is 14.6. The van der Waals surface area contributed by atoms with Crippen molar-refractivity contribution in [2.24, 2.45) is 0 Å². The first-order valence-corrected chi connectivity index (χ1v) is 6.89. The van der Waals surface area contributed by atoms with E-state index in [4.69, 9.17) is 0 Å². The van der Waals surface area contributed by atoms with Gasteiger partial charge in [-0.05, 0) is 70.7 Å². The summed E-state index contributed by atoms with van der Waals surface area (Å²) in [5.41, 5.74) is 9.63. The molecule has 0 fully saturated rings. The number of rotatable bonds is 0. The fourth-order valence-electron chi connectivity index (χ4n) is 2.31. The third kappa shape index (κ3) is 4.90. The van der Waals surface area contributed by atoms with Crippen LogP contribution in [0.15, 0.2) is 30.3 Å². The van der Waals surface area contributed by atoms with Crippen LogP contribution in [0, 0.1) is 48.5 Å². The van der Waals surface area contributed by atoms with Crippen LogP contribution in [-0.2, 0) is 0 Å². The molecule has 0 aliphatic heterocycles. The van der Waals surface area contributed by atoms with Crippen LogP contribution >= 0.6 is 0 Å². The third-order valence-corrected chi connectivity index (χ3v) is 3.48. The average Bonchev–Trinajstić information content (AvgIpc) is 2.25. The Kier molecular flexibility index (Phi) is 5.35. The number of aryl methyl sites for hydroxylation is 7. The van der Waals surface area contributed by atoms with Crippen molar-refractivity contribution in [1.82, 2.24) is 0 Å². The Morgan fingerprint density at radius 3 is 0.789 bits per heavy atom. The smallest absolute Gasteiger partial charge is 0.0395 e. The van der Waals surface area contributed by atoms with E-state index in [1.165, 1.54) is 38.9 Å². The average molecular weight is 254 g/mol. The Hall–Kier alpha value is -1.56. The molecule has 0 unspecified atom stereocenters. The van der Waals surface area contributed by atoms with Gasteiger partial charge in [0, 0.05) is 0 Å². The first-order valence-electron chi connectivity index (χ1n) is 6.89. The Balaban J connectivity index is 0.000000191. The van der Waals surface area contributed by atoms with Crippen molar-refractivity contribution in [3.05, 3.63) is 69.3 Å². The summed E-state index contributed by atoms with van der Waals surface area (Å²) in [7, 11) is 0. The van der Waals surface area contributed by atoms with E-state index < -0.39 is 0 Å². The minimum absolute atomic E-state index is 1.35. The van der Waals surface area contributed by atoms with E-state index >= 15 is 0 Å². The lowest BCUT2D eigenvalue weighted by atomic mass is 10.0. The molecule has 0 bridgehead atoms. The topological polar surface area (TPSA) is 0 Å². The molecule has 0 aromatic heterocycles. The second kappa shape index (κ2) is 6.56. The van der Waals surface area contributed by atoms with E-state index in [0.717, 1.165) is 0 Å². The number of hydrogen-bond donors (Lipinski definition) is 0. The van der Waals surface area contributed by atoms with Crippen molar-refractivity contribution in [3.8, 4) is 0 Å². The molecule has 0 saturated heterocycles. The molecule has 2 aromatic rings. The summed E-state index contributed by atoms with van der Waals surface area (Å²) in [5.74, 6) is 0. The van der Waals surface area contributed by atoms with Crippen molar-refractivity contribution in [3.63, 3.8) is 0 Å². The number of hydrogen-bond acceptors (Lipinski definition) is 0. The van der Waals surface area contributed by atoms with Crippen molar-refractivity contribution >= 4 is 0 Å². The minimum atomic E-state index is 1.35. The van der Waals surface area contributed by atoms with Crippen molar-refractivity contribution in [2.75, 3.05) is 0 Å². The lowest BCUT2D eigenvalue weighted by Crippen LogP contribution is -1.86. The third-order valence-electron chi connectivity index (χ3n) is 3.48. The molecule has 0 heteroatoms. The van der Waals surface area contributed by atoms with E-state index in [1.54, 1.807) is 0 Å². The van der Waals surface area contributed by atoms with E-state index in [0.29, 0.717) is 0 Å². The van der Waals surface area contributed by atoms with Gasteiger partial charge in [0.1, 0.15) is 0 Å². The van der Waals surface area contributed by atoms with Crippen LogP contribution in [0.5, 0.6) is 0 Å². The van der Waals surface area contributed by atoms with Gasteiger partial charge in [0.2, 0.25) is 0 Å². The van der Waals surface area contributed by atoms with Gasteiger partial charge in [-0.2, -0.15) is 0 Å². The quantitative estimate of drug-likeness (QED) is 0.579. The van der Waals surface area contributed by atoms with Crippen LogP contribution in [0.1, 0.15) is 38.9 Å². The van der Waals surface area contributed by atoms with E-state index in [9.17, 15) is 0 Å². The minimum Gasteiger partial charge on any atom is -0.0564 e. The summed E-state index contributed by atoms with van der Waals surface area (Å²) >= 11 is 0. The highest BCUT2D eigenvalue weighted by Gasteiger charge is 1.95. The van der Waals surface area contributed by atoms with Crippen LogP contribution in [0.4, 0.5) is 0 Å². The molecular formula is C19H26. The molecule has 0 N–H and O–H groups in total. The molecule has 0 amide bonds. The second-order valence-electron chi connectivity index (χ2n) is 5.69. The lowest BCUT2D eigenvalue weighted by Gasteiger charge is -2.04. The summed E-state index contributed by atoms with van der Waals surface area (Å²) in [6.45, 7) is 15.0. The lowest BCUT2D eigenvalue weighted by molar-refractivity contribution is 1.24. The van der Waals surface area contributed by atoms with Gasteiger partial charge in [-0.15, -0.1) is 0 Å². The first kappa shape index (κ1) is 15.5. The van der Waals surface area contributed by atoms with Crippen LogP contribution in [0.3, 0.4) is 0 Å². The zero-order valence-electron chi connectivity index (χ0n) is 13.4. The summed E-state index contributed by atoms with van der Waals surface area (Å²) in [6, 6.07) is 11.0. The maximum Gasteiger partial charge on any atom is -0.0395 e. The van der Waals surface area contributed by atoms with Crippen LogP contribution in [0.2, 0.25) is 0 Å². The molecule has 19 heavy (non-hydrogen) atoms. The van der Waals surface area contributed by atoms with Gasteiger partial charge in [-0.1, -0.05) is 47.0 Å². The summed E-state index contributed by atoms with van der Waals surface area (Å²) < 4.78 is 0. The van der Waals surface area contributed by atoms with Gasteiger partial charge in [-0.3, -0.25) is 0 Å². The Labute approximate surface area is 118 Å². The maximum absolute atomic E-state index is 2.24. The van der Waals surface area contributed by atoms with E-state index in [-0.39, 0.29) is 0 Å². The Morgan fingerprint density at radius 1 is 0.368 bits per heavy atom. The predicted octanol–water partition coefficient (Wildman–Crippen LogP) is 5.53. The molecule has 0 spiro atoms. The highest BCUT2D eigenvalue weighted by atomic mass is 14.0. The predicted molar refractivity (Wildman–Crippen MR) is 86.0 cm³/mol. The largest absolute Gasteiger partial charge is 0.0564 e. The standard InChI is InChI=1S/C10H14.C9H12/c1-7-5-9(3)10(4)6-8(7)2;1-7-4-8(2)6-9(3)5-7/h5-6H,1-4H3;4-6H,1-3H3. The molecule has 2 rings (SSSR count). The van der Waals surface area contributed by atoms with Crippen molar-refractivity contribution in [1.29, 1.82) is 0 Å². The zero-order valence-corrected chi connectivity index (χ0v) is 13.4. The Morgan fingerprint density at radius 2 is 0.579 bits per heavy atom. The monoisotopic (exact) mass is 254 g/mol. The summed E-state index contributed by atoms with van der Waals surface area (Å²) in [6.07, 6.45) is 0. The van der Waals surface area contributed by atoms with Gasteiger partial charge < -0.3 is 0 Å². The molecule has 0 nitrogen and oxygen atoms in total. The van der Waals surface area contributed by atoms with Crippen molar-refractivity contribution in [2.45, 2.75) is 48.5 Å². The van der Waals surface area contributed by atoms with Crippen molar-refractivity contribution < 1.29 is 0 Å². The fourth-order valence-corrected chi connectivity index (χ4v) is 2.31. The fraction of sp³-hybridized carbons (Fsp3) is 0.368. The molecule has 102 valence electrons. The van der Waals surface area contributed by atoms with Crippen LogP contribution < -0.4 is 0 Å². The SMILES string of the molecule is Cc1cc(C)c(C)cc1C.Cc1cc(C)cc(C)c1. The van der Waals surface area contributed by atoms with E-state index in [2.05, 4.69) is 78.8 Å². The van der Waals surface area contributed by atoms with Gasteiger partial charge in [0.05, 0.1) is 0 Å². The molecule has 2 aromatic carbocycles. The van der Waals surface area contributed by atoms with Gasteiger partial charge in [-0.25, -0.2) is 0 Å². The van der Waals surface area contributed by atoms with E-state index in [1.807, 2.05) is 0 Å². The molecule has 0 saturated carbocycles. The molecule has 0 atom stereocenters. The normalized spacial score (nSPS) is 9.84. The molecule has 0 heterocycles. The van der Waals surface area contributed by atoms with Crippen LogP contribution in [0.25, 0.3) is 0 Å². The number of benzene rings is 2. The molecular weight excluding hydrogens is 228 g/mol. The Bertz CT molecular complexity index is 462. The van der Waals surface area contributed by atoms with Gasteiger partial charge in [0.25, 0.3) is 0 Å². The first-order chi connectivity index (χ1) is 8.79. The molecule has 0 radical (unpaired) electrons. The molecule has 0 aliphatic carbocycles. The second-order valence-corrected chi connectivity index (χ2v) is 5.69. The highest BCUT2D eigenvalue weighted by molar-refractivity contribution is 5.35.